The van der Waals surface area contributed by atoms with Gasteiger partial charge in [0.25, 0.3) is 0 Å². The number of benzene rings is 1. The lowest BCUT2D eigenvalue weighted by Crippen LogP contribution is -2.29. The number of amides is 1. The van der Waals surface area contributed by atoms with Crippen LogP contribution in [-0.2, 0) is 9.53 Å². The predicted octanol–water partition coefficient (Wildman–Crippen LogP) is 4.55. The van der Waals surface area contributed by atoms with Crippen LogP contribution in [0.2, 0.25) is 0 Å². The van der Waals surface area contributed by atoms with Crippen molar-refractivity contribution in [2.24, 2.45) is 5.92 Å². The van der Waals surface area contributed by atoms with Crippen LogP contribution in [-0.4, -0.2) is 55.0 Å². The van der Waals surface area contributed by atoms with E-state index >= 15 is 0 Å². The molecule has 2 aliphatic rings. The van der Waals surface area contributed by atoms with Crippen LogP contribution in [0.1, 0.15) is 39.0 Å². The summed E-state index contributed by atoms with van der Waals surface area (Å²) in [5.41, 5.74) is 2.42. The third-order valence-electron chi connectivity index (χ3n) is 6.86. The molecule has 8 nitrogen and oxygen atoms in total. The first kappa shape index (κ1) is 24.3. The zero-order chi connectivity index (χ0) is 24.9. The molecular formula is C28H33N3O5. The van der Waals surface area contributed by atoms with E-state index in [4.69, 9.17) is 23.9 Å². The summed E-state index contributed by atoms with van der Waals surface area (Å²) in [7, 11) is 1.64. The number of methoxy groups -OCH3 is 1. The molecule has 1 amide bonds. The van der Waals surface area contributed by atoms with Crippen LogP contribution in [0.5, 0.6) is 17.4 Å². The van der Waals surface area contributed by atoms with E-state index in [1.807, 2.05) is 36.4 Å². The molecule has 0 bridgehead atoms. The molecule has 2 unspecified atom stereocenters. The van der Waals surface area contributed by atoms with E-state index in [9.17, 15) is 4.79 Å². The minimum Gasteiger partial charge on any atom is -0.493 e. The summed E-state index contributed by atoms with van der Waals surface area (Å²) in [6, 6.07) is 11.7. The SMILES string of the molecule is CCCC(Oc1nc(-c2ccc(OC3CCOCC3)c(OC)c2)cc2ncccc12)C1CNC(=O)C1. The first-order valence-corrected chi connectivity index (χ1v) is 12.8. The van der Waals surface area contributed by atoms with Gasteiger partial charge in [0.1, 0.15) is 12.2 Å². The van der Waals surface area contributed by atoms with Gasteiger partial charge in [-0.25, -0.2) is 4.98 Å². The average Bonchev–Trinajstić information content (AvgIpc) is 3.35. The van der Waals surface area contributed by atoms with Gasteiger partial charge in [0.15, 0.2) is 11.5 Å². The van der Waals surface area contributed by atoms with Gasteiger partial charge in [-0.1, -0.05) is 13.3 Å². The highest BCUT2D eigenvalue weighted by molar-refractivity contribution is 5.87. The molecule has 5 rings (SSSR count). The number of nitrogens with zero attached hydrogens (tertiary/aromatic N) is 2. The van der Waals surface area contributed by atoms with E-state index in [1.54, 1.807) is 13.3 Å². The largest absolute Gasteiger partial charge is 0.493 e. The number of carbonyl (C=O) groups excluding carboxylic acids is 1. The van der Waals surface area contributed by atoms with Gasteiger partial charge in [-0.2, -0.15) is 0 Å². The van der Waals surface area contributed by atoms with Crippen molar-refractivity contribution in [3.05, 3.63) is 42.6 Å². The van der Waals surface area contributed by atoms with E-state index in [-0.39, 0.29) is 24.0 Å². The Morgan fingerprint density at radius 2 is 2.03 bits per heavy atom. The van der Waals surface area contributed by atoms with E-state index < -0.39 is 0 Å². The van der Waals surface area contributed by atoms with Gasteiger partial charge in [-0.05, 0) is 42.8 Å². The number of pyridine rings is 2. The van der Waals surface area contributed by atoms with Crippen molar-refractivity contribution in [2.75, 3.05) is 26.9 Å². The fourth-order valence-corrected chi connectivity index (χ4v) is 4.89. The second kappa shape index (κ2) is 11.1. The first-order valence-electron chi connectivity index (χ1n) is 12.8. The van der Waals surface area contributed by atoms with E-state index in [0.29, 0.717) is 43.6 Å². The van der Waals surface area contributed by atoms with Crippen molar-refractivity contribution in [3.63, 3.8) is 0 Å². The molecule has 2 aromatic heterocycles. The molecule has 2 fully saturated rings. The molecule has 3 aromatic rings. The van der Waals surface area contributed by atoms with E-state index in [2.05, 4.69) is 17.2 Å². The lowest BCUT2D eigenvalue weighted by molar-refractivity contribution is -0.119. The topological polar surface area (TPSA) is 91.8 Å². The van der Waals surface area contributed by atoms with E-state index in [1.165, 1.54) is 0 Å². The van der Waals surface area contributed by atoms with Crippen LogP contribution in [0.3, 0.4) is 0 Å². The molecule has 190 valence electrons. The molecule has 2 atom stereocenters. The normalized spacial score (nSPS) is 19.2. The highest BCUT2D eigenvalue weighted by atomic mass is 16.5. The number of hydrogen-bond acceptors (Lipinski definition) is 7. The maximum absolute atomic E-state index is 11.9. The van der Waals surface area contributed by atoms with Crippen LogP contribution in [0, 0.1) is 5.92 Å². The number of rotatable bonds is 9. The fraction of sp³-hybridized carbons (Fsp3) is 0.464. The maximum atomic E-state index is 11.9. The van der Waals surface area contributed by atoms with Gasteiger partial charge in [0, 0.05) is 43.5 Å². The summed E-state index contributed by atoms with van der Waals surface area (Å²) >= 11 is 0. The Labute approximate surface area is 211 Å². The van der Waals surface area contributed by atoms with Crippen molar-refractivity contribution < 1.29 is 23.7 Å². The first-order chi connectivity index (χ1) is 17.6. The highest BCUT2D eigenvalue weighted by Crippen LogP contribution is 2.36. The van der Waals surface area contributed by atoms with Crippen molar-refractivity contribution in [1.29, 1.82) is 0 Å². The standard InChI is InChI=1S/C28H33N3O5/c1-3-5-24(19-15-27(32)30-17-19)36-28-21-6-4-11-29-23(21)16-22(31-28)18-7-8-25(26(14-18)33-2)35-20-9-12-34-13-10-20/h4,6-8,11,14,16,19-20,24H,3,5,9-10,12-13,15,17H2,1-2H3,(H,30,32). The Morgan fingerprint density at radius 3 is 2.78 bits per heavy atom. The van der Waals surface area contributed by atoms with Crippen LogP contribution < -0.4 is 19.5 Å². The second-order valence-electron chi connectivity index (χ2n) is 9.39. The monoisotopic (exact) mass is 491 g/mol. The Hall–Kier alpha value is -3.39. The molecule has 2 aliphatic heterocycles. The van der Waals surface area contributed by atoms with Crippen molar-refractivity contribution >= 4 is 16.8 Å². The lowest BCUT2D eigenvalue weighted by atomic mass is 9.97. The third kappa shape index (κ3) is 5.38. The maximum Gasteiger partial charge on any atom is 0.223 e. The van der Waals surface area contributed by atoms with Crippen molar-refractivity contribution in [3.8, 4) is 28.6 Å². The molecule has 0 saturated carbocycles. The van der Waals surface area contributed by atoms with Crippen LogP contribution >= 0.6 is 0 Å². The number of aromatic nitrogens is 2. The van der Waals surface area contributed by atoms with Gasteiger partial charge in [0.2, 0.25) is 11.8 Å². The summed E-state index contributed by atoms with van der Waals surface area (Å²) < 4.78 is 23.9. The quantitative estimate of drug-likeness (QED) is 0.470. The molecule has 4 heterocycles. The molecular weight excluding hydrogens is 458 g/mol. The number of carbonyl (C=O) groups is 1. The van der Waals surface area contributed by atoms with E-state index in [0.717, 1.165) is 47.8 Å². The molecule has 1 N–H and O–H groups in total. The van der Waals surface area contributed by atoms with Gasteiger partial charge in [-0.15, -0.1) is 0 Å². The van der Waals surface area contributed by atoms with Gasteiger partial charge >= 0.3 is 0 Å². The number of nitrogens with one attached hydrogen (secondary N) is 1. The van der Waals surface area contributed by atoms with Gasteiger partial charge in [0.05, 0.1) is 36.9 Å². The summed E-state index contributed by atoms with van der Waals surface area (Å²) in [6.07, 6.45) is 5.79. The van der Waals surface area contributed by atoms with Crippen LogP contribution in [0.4, 0.5) is 0 Å². The second-order valence-corrected chi connectivity index (χ2v) is 9.39. The van der Waals surface area contributed by atoms with Crippen molar-refractivity contribution in [1.82, 2.24) is 15.3 Å². The summed E-state index contributed by atoms with van der Waals surface area (Å²) in [6.45, 7) is 4.18. The molecule has 1 aromatic carbocycles. The van der Waals surface area contributed by atoms with Crippen LogP contribution in [0.15, 0.2) is 42.6 Å². The Bertz CT molecular complexity index is 1210. The minimum absolute atomic E-state index is 0.0769. The minimum atomic E-state index is -0.107. The summed E-state index contributed by atoms with van der Waals surface area (Å²) in [5, 5.41) is 3.78. The Morgan fingerprint density at radius 1 is 1.17 bits per heavy atom. The van der Waals surface area contributed by atoms with Gasteiger partial charge in [-0.3, -0.25) is 9.78 Å². The zero-order valence-corrected chi connectivity index (χ0v) is 20.9. The van der Waals surface area contributed by atoms with Gasteiger partial charge < -0.3 is 24.3 Å². The zero-order valence-electron chi connectivity index (χ0n) is 20.9. The Balaban J connectivity index is 1.47. The number of ether oxygens (including phenoxy) is 4. The molecule has 0 aliphatic carbocycles. The van der Waals surface area contributed by atoms with Crippen molar-refractivity contribution in [2.45, 2.75) is 51.2 Å². The molecule has 0 spiro atoms. The molecule has 2 saturated heterocycles. The third-order valence-corrected chi connectivity index (χ3v) is 6.86. The molecule has 36 heavy (non-hydrogen) atoms. The molecule has 8 heteroatoms. The summed E-state index contributed by atoms with van der Waals surface area (Å²) in [4.78, 5) is 21.4. The number of hydrogen-bond donors (Lipinski definition) is 1. The average molecular weight is 492 g/mol. The lowest BCUT2D eigenvalue weighted by Gasteiger charge is -2.24. The number of fused-ring (bicyclic) bond motifs is 1. The predicted molar refractivity (Wildman–Crippen MR) is 136 cm³/mol. The highest BCUT2D eigenvalue weighted by Gasteiger charge is 2.31. The summed E-state index contributed by atoms with van der Waals surface area (Å²) in [5.74, 6) is 2.10. The fourth-order valence-electron chi connectivity index (χ4n) is 4.89. The Kier molecular flexibility index (Phi) is 7.51. The smallest absolute Gasteiger partial charge is 0.223 e. The molecule has 0 radical (unpaired) electrons. The van der Waals surface area contributed by atoms with Crippen LogP contribution in [0.25, 0.3) is 22.2 Å².